The molecule has 0 aliphatic heterocycles. The average molecular weight is 353 g/mol. The molecule has 0 radical (unpaired) electrons. The number of Topliss-reactive ketones (excluding diaryl/α,β-unsaturated/α-hetero) is 1. The number of aromatic nitrogens is 1. The molecule has 2 aromatic rings. The van der Waals surface area contributed by atoms with Crippen LogP contribution < -0.4 is 0 Å². The van der Waals surface area contributed by atoms with Crippen LogP contribution in [0.4, 0.5) is 8.78 Å². The summed E-state index contributed by atoms with van der Waals surface area (Å²) in [5.74, 6) is -2.19. The Morgan fingerprint density at radius 3 is 2.50 bits per heavy atom. The van der Waals surface area contributed by atoms with Gasteiger partial charge in [-0.1, -0.05) is 0 Å². The smallest absolute Gasteiger partial charge is 0.339 e. The molecule has 1 aromatic heterocycles. The van der Waals surface area contributed by atoms with Gasteiger partial charge in [0.05, 0.1) is 23.6 Å². The van der Waals surface area contributed by atoms with Crippen LogP contribution in [-0.2, 0) is 4.74 Å². The number of H-pyrrole nitrogens is 1. The number of ketones is 1. The third kappa shape index (κ3) is 3.51. The number of hydrogen-bond donors (Lipinski definition) is 1. The number of aromatic amines is 1. The fraction of sp³-hybridized carbons (Fsp3) is 0.294. The number of nitrogens with one attached hydrogen (secondary N) is 1. The number of carbonyl (C=O) groups excluding carboxylic acids is 2. The minimum Gasteiger partial charge on any atom is -0.465 e. The molecule has 0 bridgehead atoms. The molecule has 0 saturated carbocycles. The molecule has 1 N–H and O–H groups in total. The molecule has 0 spiro atoms. The highest BCUT2D eigenvalue weighted by atomic mass is 32.2. The summed E-state index contributed by atoms with van der Waals surface area (Å²) in [6.07, 6.45) is 0. The van der Waals surface area contributed by atoms with Crippen LogP contribution in [0.2, 0.25) is 0 Å². The number of rotatable bonds is 5. The lowest BCUT2D eigenvalue weighted by atomic mass is 10.1. The van der Waals surface area contributed by atoms with E-state index < -0.39 is 22.9 Å². The monoisotopic (exact) mass is 353 g/mol. The van der Waals surface area contributed by atoms with Crippen molar-refractivity contribution >= 4 is 23.5 Å². The van der Waals surface area contributed by atoms with Gasteiger partial charge in [-0.15, -0.1) is 11.8 Å². The first-order valence-electron chi connectivity index (χ1n) is 7.19. The van der Waals surface area contributed by atoms with E-state index in [0.29, 0.717) is 16.8 Å². The summed E-state index contributed by atoms with van der Waals surface area (Å²) in [7, 11) is 1.27. The van der Waals surface area contributed by atoms with Gasteiger partial charge in [0.25, 0.3) is 0 Å². The van der Waals surface area contributed by atoms with Gasteiger partial charge in [0.15, 0.2) is 5.78 Å². The largest absolute Gasteiger partial charge is 0.465 e. The summed E-state index contributed by atoms with van der Waals surface area (Å²) in [6.45, 7) is 4.95. The Morgan fingerprint density at radius 1 is 1.25 bits per heavy atom. The summed E-state index contributed by atoms with van der Waals surface area (Å²) in [4.78, 5) is 27.5. The maximum atomic E-state index is 13.7. The standard InChI is InChI=1S/C17H17F2NO3S/c1-8-14(17(22)23-4)9(2)20-15(8)16(21)10(3)24-13-6-5-11(18)7-12(13)19/h5-7,10,20H,1-4H3/t10-/m0/s1. The second-order valence-electron chi connectivity index (χ2n) is 5.32. The molecule has 1 atom stereocenters. The second-order valence-corrected chi connectivity index (χ2v) is 6.70. The Labute approximate surface area is 142 Å². The van der Waals surface area contributed by atoms with Crippen LogP contribution in [0.5, 0.6) is 0 Å². The Bertz CT molecular complexity index is 801. The fourth-order valence-electron chi connectivity index (χ4n) is 2.42. The number of halogens is 2. The van der Waals surface area contributed by atoms with Crippen molar-refractivity contribution in [2.24, 2.45) is 0 Å². The third-order valence-electron chi connectivity index (χ3n) is 3.64. The highest BCUT2D eigenvalue weighted by molar-refractivity contribution is 8.00. The van der Waals surface area contributed by atoms with E-state index in [9.17, 15) is 18.4 Å². The SMILES string of the molecule is COC(=O)c1c(C)[nH]c(C(=O)[C@H](C)Sc2ccc(F)cc2F)c1C. The van der Waals surface area contributed by atoms with Gasteiger partial charge in [0, 0.05) is 16.7 Å². The number of ether oxygens (including phenoxy) is 1. The maximum Gasteiger partial charge on any atom is 0.339 e. The molecule has 1 aromatic carbocycles. The van der Waals surface area contributed by atoms with Crippen LogP contribution in [0.1, 0.15) is 39.0 Å². The highest BCUT2D eigenvalue weighted by Gasteiger charge is 2.26. The third-order valence-corrected chi connectivity index (χ3v) is 4.79. The van der Waals surface area contributed by atoms with Crippen molar-refractivity contribution < 1.29 is 23.1 Å². The molecular weight excluding hydrogens is 336 g/mol. The maximum absolute atomic E-state index is 13.7. The normalized spacial score (nSPS) is 12.1. The van der Waals surface area contributed by atoms with Crippen LogP contribution >= 0.6 is 11.8 Å². The summed E-state index contributed by atoms with van der Waals surface area (Å²) in [5, 5.41) is -0.618. The molecule has 2 rings (SSSR count). The van der Waals surface area contributed by atoms with Crippen LogP contribution in [0.3, 0.4) is 0 Å². The number of hydrogen-bond acceptors (Lipinski definition) is 4. The van der Waals surface area contributed by atoms with E-state index in [1.807, 2.05) is 0 Å². The Hall–Kier alpha value is -2.15. The first kappa shape index (κ1) is 18.2. The predicted molar refractivity (Wildman–Crippen MR) is 87.6 cm³/mol. The number of methoxy groups -OCH3 is 1. The van der Waals surface area contributed by atoms with E-state index in [-0.39, 0.29) is 16.4 Å². The predicted octanol–water partition coefficient (Wildman–Crippen LogP) is 4.06. The minimum absolute atomic E-state index is 0.186. The highest BCUT2D eigenvalue weighted by Crippen LogP contribution is 2.30. The fourth-order valence-corrected chi connectivity index (χ4v) is 3.35. The van der Waals surface area contributed by atoms with Crippen molar-refractivity contribution in [3.8, 4) is 0 Å². The Balaban J connectivity index is 2.27. The summed E-state index contributed by atoms with van der Waals surface area (Å²) in [6, 6.07) is 3.22. The van der Waals surface area contributed by atoms with E-state index in [0.717, 1.165) is 23.9 Å². The van der Waals surface area contributed by atoms with Crippen molar-refractivity contribution in [2.75, 3.05) is 7.11 Å². The van der Waals surface area contributed by atoms with E-state index in [4.69, 9.17) is 4.74 Å². The molecule has 0 amide bonds. The molecule has 24 heavy (non-hydrogen) atoms. The van der Waals surface area contributed by atoms with Crippen LogP contribution in [0, 0.1) is 25.5 Å². The molecule has 4 nitrogen and oxygen atoms in total. The van der Waals surface area contributed by atoms with Gasteiger partial charge >= 0.3 is 5.97 Å². The van der Waals surface area contributed by atoms with Crippen LogP contribution in [-0.4, -0.2) is 29.1 Å². The second kappa shape index (κ2) is 7.17. The Kier molecular flexibility index (Phi) is 5.43. The number of carbonyl (C=O) groups is 2. The van der Waals surface area contributed by atoms with Crippen molar-refractivity contribution in [1.29, 1.82) is 0 Å². The molecule has 0 aliphatic rings. The lowest BCUT2D eigenvalue weighted by Crippen LogP contribution is -2.15. The lowest BCUT2D eigenvalue weighted by Gasteiger charge is -2.11. The quantitative estimate of drug-likeness (QED) is 0.500. The number of thioether (sulfide) groups is 1. The first-order chi connectivity index (χ1) is 11.3. The summed E-state index contributed by atoms with van der Waals surface area (Å²) < 4.78 is 31.4. The minimum atomic E-state index is -0.714. The number of esters is 1. The number of benzene rings is 1. The first-order valence-corrected chi connectivity index (χ1v) is 8.07. The van der Waals surface area contributed by atoms with E-state index in [2.05, 4.69) is 4.98 Å². The lowest BCUT2D eigenvalue weighted by molar-refractivity contribution is 0.0599. The van der Waals surface area contributed by atoms with Gasteiger partial charge < -0.3 is 9.72 Å². The zero-order chi connectivity index (χ0) is 18.0. The van der Waals surface area contributed by atoms with Gasteiger partial charge in [-0.2, -0.15) is 0 Å². The van der Waals surface area contributed by atoms with E-state index in [1.165, 1.54) is 13.2 Å². The van der Waals surface area contributed by atoms with Crippen molar-refractivity contribution in [3.63, 3.8) is 0 Å². The molecule has 0 saturated heterocycles. The van der Waals surface area contributed by atoms with Gasteiger partial charge in [-0.05, 0) is 38.5 Å². The van der Waals surface area contributed by atoms with Gasteiger partial charge in [0.2, 0.25) is 0 Å². The van der Waals surface area contributed by atoms with Gasteiger partial charge in [-0.3, -0.25) is 4.79 Å². The van der Waals surface area contributed by atoms with Crippen molar-refractivity contribution in [1.82, 2.24) is 4.98 Å². The molecular formula is C17H17F2NO3S. The van der Waals surface area contributed by atoms with Crippen molar-refractivity contribution in [3.05, 3.63) is 52.3 Å². The zero-order valence-electron chi connectivity index (χ0n) is 13.7. The zero-order valence-corrected chi connectivity index (χ0v) is 14.5. The van der Waals surface area contributed by atoms with E-state index >= 15 is 0 Å². The van der Waals surface area contributed by atoms with Gasteiger partial charge in [0.1, 0.15) is 11.6 Å². The van der Waals surface area contributed by atoms with E-state index in [1.54, 1.807) is 20.8 Å². The Morgan fingerprint density at radius 2 is 1.92 bits per heavy atom. The van der Waals surface area contributed by atoms with Crippen LogP contribution in [0.15, 0.2) is 23.1 Å². The van der Waals surface area contributed by atoms with Crippen LogP contribution in [0.25, 0.3) is 0 Å². The van der Waals surface area contributed by atoms with Crippen molar-refractivity contribution in [2.45, 2.75) is 30.9 Å². The molecule has 0 aliphatic carbocycles. The number of aryl methyl sites for hydroxylation is 1. The average Bonchev–Trinajstić information content (AvgIpc) is 2.83. The topological polar surface area (TPSA) is 59.2 Å². The molecule has 0 fully saturated rings. The summed E-state index contributed by atoms with van der Waals surface area (Å²) in [5.41, 5.74) is 1.64. The molecule has 128 valence electrons. The summed E-state index contributed by atoms with van der Waals surface area (Å²) >= 11 is 0.992. The molecule has 0 unspecified atom stereocenters. The van der Waals surface area contributed by atoms with Gasteiger partial charge in [-0.25, -0.2) is 13.6 Å². The molecule has 1 heterocycles. The molecule has 7 heteroatoms.